The summed E-state index contributed by atoms with van der Waals surface area (Å²) < 4.78 is 0. The minimum Gasteiger partial charge on any atom is -0.351 e. The van der Waals surface area contributed by atoms with Gasteiger partial charge in [0, 0.05) is 36.8 Å². The lowest BCUT2D eigenvalue weighted by molar-refractivity contribution is -0.116. The normalized spacial score (nSPS) is 19.0. The van der Waals surface area contributed by atoms with E-state index in [1.165, 1.54) is 12.8 Å². The molecular weight excluding hydrogens is 387 g/mol. The Morgan fingerprint density at radius 1 is 1.07 bits per heavy atom. The summed E-state index contributed by atoms with van der Waals surface area (Å²) in [6.45, 7) is 4.86. The maximum Gasteiger partial charge on any atom is 0.251 e. The lowest BCUT2D eigenvalue weighted by Crippen LogP contribution is -2.33. The van der Waals surface area contributed by atoms with E-state index in [0.29, 0.717) is 24.6 Å². The quantitative estimate of drug-likeness (QED) is 0.637. The zero-order valence-corrected chi connectivity index (χ0v) is 17.2. The Labute approximate surface area is 173 Å². The van der Waals surface area contributed by atoms with Crippen molar-refractivity contribution in [2.75, 3.05) is 38.0 Å². The van der Waals surface area contributed by atoms with Gasteiger partial charge in [0.15, 0.2) is 0 Å². The predicted molar refractivity (Wildman–Crippen MR) is 113 cm³/mol. The van der Waals surface area contributed by atoms with Crippen molar-refractivity contribution in [1.29, 1.82) is 0 Å². The van der Waals surface area contributed by atoms with Gasteiger partial charge in [0.2, 0.25) is 5.91 Å². The first-order chi connectivity index (χ1) is 12.2. The number of likely N-dealkylation sites (tertiary alicyclic amines) is 1. The third-order valence-electron chi connectivity index (χ3n) is 4.94. The topological polar surface area (TPSA) is 73.5 Å². The number of anilines is 1. The highest BCUT2D eigenvalue weighted by Gasteiger charge is 2.17. The van der Waals surface area contributed by atoms with E-state index in [1.54, 1.807) is 24.3 Å². The molecule has 6 nitrogen and oxygen atoms in total. The number of rotatable bonds is 7. The Bertz CT molecular complexity index is 586. The number of nitrogens with zero attached hydrogens (tertiary/aromatic N) is 1. The van der Waals surface area contributed by atoms with Gasteiger partial charge in [-0.2, -0.15) is 0 Å². The molecule has 0 aliphatic carbocycles. The minimum atomic E-state index is -0.0628. The third-order valence-corrected chi connectivity index (χ3v) is 4.94. The summed E-state index contributed by atoms with van der Waals surface area (Å²) in [5.41, 5.74) is 1.36. The second kappa shape index (κ2) is 12.2. The molecule has 3 N–H and O–H groups in total. The molecule has 152 valence electrons. The molecule has 0 spiro atoms. The minimum absolute atomic E-state index is 0. The summed E-state index contributed by atoms with van der Waals surface area (Å²) >= 11 is 0. The molecule has 0 aromatic heterocycles. The highest BCUT2D eigenvalue weighted by atomic mass is 35.5. The number of halogens is 2. The van der Waals surface area contributed by atoms with Gasteiger partial charge in [0.1, 0.15) is 0 Å². The van der Waals surface area contributed by atoms with E-state index in [4.69, 9.17) is 0 Å². The summed E-state index contributed by atoms with van der Waals surface area (Å²) in [4.78, 5) is 26.5. The zero-order chi connectivity index (χ0) is 17.5. The predicted octanol–water partition coefficient (Wildman–Crippen LogP) is 2.44. The monoisotopic (exact) mass is 416 g/mol. The fraction of sp³-hybridized carbons (Fsp3) is 0.579. The molecular formula is C19H30Cl2N4O2. The van der Waals surface area contributed by atoms with E-state index >= 15 is 0 Å². The van der Waals surface area contributed by atoms with Crippen LogP contribution in [0.5, 0.6) is 0 Å². The maximum atomic E-state index is 12.2. The second-order valence-corrected chi connectivity index (χ2v) is 6.93. The Hall–Kier alpha value is -1.34. The number of hydrogen-bond donors (Lipinski definition) is 3. The Morgan fingerprint density at radius 2 is 1.78 bits per heavy atom. The van der Waals surface area contributed by atoms with Gasteiger partial charge in [-0.3, -0.25) is 9.59 Å². The summed E-state index contributed by atoms with van der Waals surface area (Å²) in [6, 6.07) is 7.38. The van der Waals surface area contributed by atoms with Gasteiger partial charge >= 0.3 is 0 Å². The molecule has 27 heavy (non-hydrogen) atoms. The van der Waals surface area contributed by atoms with Gasteiger partial charge in [-0.15, -0.1) is 24.8 Å². The molecule has 2 aliphatic rings. The molecule has 8 heteroatoms. The second-order valence-electron chi connectivity index (χ2n) is 6.93. The summed E-state index contributed by atoms with van der Waals surface area (Å²) in [7, 11) is 0. The Balaban J connectivity index is 0.00000182. The van der Waals surface area contributed by atoms with E-state index in [1.807, 2.05) is 0 Å². The van der Waals surface area contributed by atoms with Crippen LogP contribution in [-0.4, -0.2) is 55.5 Å². The Kier molecular flexibility index (Phi) is 10.7. The number of hydrogen-bond acceptors (Lipinski definition) is 4. The first kappa shape index (κ1) is 23.7. The SMILES string of the molecule is Cl.Cl.O=C(CC1CCCN1)Nc1ccc(C(=O)NCCN2CCCC2)cc1. The van der Waals surface area contributed by atoms with Crippen LogP contribution in [0.4, 0.5) is 5.69 Å². The van der Waals surface area contributed by atoms with Crippen molar-refractivity contribution in [2.24, 2.45) is 0 Å². The average Bonchev–Trinajstić information content (AvgIpc) is 3.29. The molecule has 2 aliphatic heterocycles. The number of carbonyl (C=O) groups is 2. The van der Waals surface area contributed by atoms with Crippen LogP contribution in [-0.2, 0) is 4.79 Å². The van der Waals surface area contributed by atoms with E-state index in [-0.39, 0.29) is 36.6 Å². The van der Waals surface area contributed by atoms with E-state index < -0.39 is 0 Å². The van der Waals surface area contributed by atoms with Gasteiger partial charge in [0.25, 0.3) is 5.91 Å². The Morgan fingerprint density at radius 3 is 2.41 bits per heavy atom. The number of nitrogens with one attached hydrogen (secondary N) is 3. The van der Waals surface area contributed by atoms with Crippen LogP contribution in [0.25, 0.3) is 0 Å². The molecule has 0 saturated carbocycles. The van der Waals surface area contributed by atoms with Crippen molar-refractivity contribution in [2.45, 2.75) is 38.1 Å². The molecule has 1 aromatic carbocycles. The van der Waals surface area contributed by atoms with Gasteiger partial charge in [0.05, 0.1) is 0 Å². The van der Waals surface area contributed by atoms with Gasteiger partial charge in [-0.25, -0.2) is 0 Å². The summed E-state index contributed by atoms with van der Waals surface area (Å²) in [6.07, 6.45) is 5.22. The van der Waals surface area contributed by atoms with Gasteiger partial charge in [-0.1, -0.05) is 0 Å². The molecule has 2 heterocycles. The van der Waals surface area contributed by atoms with Crippen molar-refractivity contribution in [3.05, 3.63) is 29.8 Å². The smallest absolute Gasteiger partial charge is 0.251 e. The lowest BCUT2D eigenvalue weighted by Gasteiger charge is -2.14. The third kappa shape index (κ3) is 7.66. The molecule has 2 saturated heterocycles. The van der Waals surface area contributed by atoms with Crippen LogP contribution in [0.1, 0.15) is 42.5 Å². The van der Waals surface area contributed by atoms with Crippen LogP contribution in [0, 0.1) is 0 Å². The van der Waals surface area contributed by atoms with Crippen LogP contribution in [0.3, 0.4) is 0 Å². The molecule has 0 radical (unpaired) electrons. The first-order valence-corrected chi connectivity index (χ1v) is 9.34. The lowest BCUT2D eigenvalue weighted by atomic mass is 10.1. The van der Waals surface area contributed by atoms with Crippen molar-refractivity contribution in [3.63, 3.8) is 0 Å². The van der Waals surface area contributed by atoms with Crippen molar-refractivity contribution >= 4 is 42.3 Å². The van der Waals surface area contributed by atoms with Crippen molar-refractivity contribution < 1.29 is 9.59 Å². The van der Waals surface area contributed by atoms with Crippen LogP contribution in [0.15, 0.2) is 24.3 Å². The fourth-order valence-corrected chi connectivity index (χ4v) is 3.51. The van der Waals surface area contributed by atoms with Crippen molar-refractivity contribution in [1.82, 2.24) is 15.5 Å². The molecule has 1 unspecified atom stereocenters. The standard InChI is InChI=1S/C19H28N4O2.2ClH/c24-18(14-17-4-3-9-20-17)22-16-7-5-15(6-8-16)19(25)21-10-13-23-11-1-2-12-23;;/h5-8,17,20H,1-4,9-14H2,(H,21,25)(H,22,24);2*1H. The maximum absolute atomic E-state index is 12.2. The highest BCUT2D eigenvalue weighted by molar-refractivity contribution is 5.95. The van der Waals surface area contributed by atoms with Crippen LogP contribution < -0.4 is 16.0 Å². The largest absolute Gasteiger partial charge is 0.351 e. The van der Waals surface area contributed by atoms with Crippen LogP contribution in [0.2, 0.25) is 0 Å². The van der Waals surface area contributed by atoms with Crippen LogP contribution >= 0.6 is 24.8 Å². The van der Waals surface area contributed by atoms with E-state index in [9.17, 15) is 9.59 Å². The van der Waals surface area contributed by atoms with E-state index in [2.05, 4.69) is 20.9 Å². The zero-order valence-electron chi connectivity index (χ0n) is 15.5. The first-order valence-electron chi connectivity index (χ1n) is 9.34. The molecule has 3 rings (SSSR count). The molecule has 1 atom stereocenters. The molecule has 2 amide bonds. The van der Waals surface area contributed by atoms with Gasteiger partial charge in [-0.05, 0) is 69.6 Å². The molecule has 2 fully saturated rings. The molecule has 1 aromatic rings. The number of amides is 2. The fourth-order valence-electron chi connectivity index (χ4n) is 3.51. The summed E-state index contributed by atoms with van der Waals surface area (Å²) in [5.74, 6) is -0.0468. The van der Waals surface area contributed by atoms with Crippen molar-refractivity contribution in [3.8, 4) is 0 Å². The number of carbonyl (C=O) groups excluding carboxylic acids is 2. The highest BCUT2D eigenvalue weighted by Crippen LogP contribution is 2.13. The average molecular weight is 417 g/mol. The molecule has 0 bridgehead atoms. The van der Waals surface area contributed by atoms with Gasteiger partial charge < -0.3 is 20.9 Å². The summed E-state index contributed by atoms with van der Waals surface area (Å²) in [5, 5.41) is 9.18. The number of benzene rings is 1. The van der Waals surface area contributed by atoms with E-state index in [0.717, 1.165) is 44.7 Å².